The van der Waals surface area contributed by atoms with E-state index in [-0.39, 0.29) is 17.1 Å². The van der Waals surface area contributed by atoms with Crippen molar-refractivity contribution in [1.29, 1.82) is 0 Å². The van der Waals surface area contributed by atoms with Gasteiger partial charge in [-0.3, -0.25) is 4.79 Å². The minimum atomic E-state index is -0.742. The van der Waals surface area contributed by atoms with Crippen LogP contribution in [-0.4, -0.2) is 20.7 Å². The van der Waals surface area contributed by atoms with Crippen LogP contribution in [0.1, 0.15) is 38.5 Å². The quantitative estimate of drug-likeness (QED) is 0.914. The van der Waals surface area contributed by atoms with Crippen molar-refractivity contribution >= 4 is 11.6 Å². The summed E-state index contributed by atoms with van der Waals surface area (Å²) < 4.78 is 29.1. The standard InChI is InChI=1S/C19H20F2N4O/c20-14-1-2-16(15(21)4-14)24-17(26)18-5-12-3-13(6-18)8-19(7-12,9-18)25-11-22-10-23-25/h1-2,4,10-13H,3,5-9H2,(H,24,26)/t12-,13+,18?,19?. The molecule has 6 rings (SSSR count). The van der Waals surface area contributed by atoms with Crippen molar-refractivity contribution in [3.63, 3.8) is 0 Å². The Labute approximate surface area is 149 Å². The number of anilines is 1. The van der Waals surface area contributed by atoms with E-state index in [9.17, 15) is 13.6 Å². The maximum atomic E-state index is 14.0. The van der Waals surface area contributed by atoms with Gasteiger partial charge in [-0.1, -0.05) is 0 Å². The van der Waals surface area contributed by atoms with E-state index in [2.05, 4.69) is 15.4 Å². The number of nitrogens with zero attached hydrogens (tertiary/aromatic N) is 3. The fourth-order valence-electron chi connectivity index (χ4n) is 6.05. The van der Waals surface area contributed by atoms with Crippen LogP contribution in [0.4, 0.5) is 14.5 Å². The molecule has 4 bridgehead atoms. The van der Waals surface area contributed by atoms with Crippen molar-refractivity contribution in [2.45, 2.75) is 44.1 Å². The number of aromatic nitrogens is 3. The first-order chi connectivity index (χ1) is 12.5. The third-order valence-electron chi connectivity index (χ3n) is 6.60. The van der Waals surface area contributed by atoms with Gasteiger partial charge in [0, 0.05) is 6.07 Å². The molecule has 7 heteroatoms. The number of carbonyl (C=O) groups is 1. The lowest BCUT2D eigenvalue weighted by molar-refractivity contribution is -0.150. The molecule has 4 saturated carbocycles. The Morgan fingerprint density at radius 1 is 1.19 bits per heavy atom. The molecule has 0 radical (unpaired) electrons. The fraction of sp³-hybridized carbons (Fsp3) is 0.526. The maximum absolute atomic E-state index is 14.0. The molecule has 26 heavy (non-hydrogen) atoms. The molecular weight excluding hydrogens is 338 g/mol. The molecule has 4 fully saturated rings. The van der Waals surface area contributed by atoms with E-state index >= 15 is 0 Å². The van der Waals surface area contributed by atoms with Crippen LogP contribution in [0.5, 0.6) is 0 Å². The molecule has 5 nitrogen and oxygen atoms in total. The Morgan fingerprint density at radius 2 is 1.96 bits per heavy atom. The lowest BCUT2D eigenvalue weighted by Crippen LogP contribution is -2.60. The molecule has 1 aromatic heterocycles. The predicted octanol–water partition coefficient (Wildman–Crippen LogP) is 3.49. The van der Waals surface area contributed by atoms with Gasteiger partial charge < -0.3 is 5.32 Å². The van der Waals surface area contributed by atoms with Gasteiger partial charge in [-0.05, 0) is 62.5 Å². The molecule has 4 aliphatic rings. The van der Waals surface area contributed by atoms with E-state index in [0.717, 1.165) is 44.2 Å². The van der Waals surface area contributed by atoms with Gasteiger partial charge in [-0.15, -0.1) is 0 Å². The topological polar surface area (TPSA) is 59.8 Å². The molecular formula is C19H20F2N4O. The van der Waals surface area contributed by atoms with Gasteiger partial charge in [0.05, 0.1) is 16.6 Å². The van der Waals surface area contributed by atoms with Crippen LogP contribution in [0.25, 0.3) is 0 Å². The first-order valence-electron chi connectivity index (χ1n) is 9.10. The Bertz CT molecular complexity index is 852. The molecule has 2 aromatic rings. The second-order valence-electron chi connectivity index (χ2n) is 8.38. The van der Waals surface area contributed by atoms with Gasteiger partial charge in [0.15, 0.2) is 0 Å². The Morgan fingerprint density at radius 3 is 2.62 bits per heavy atom. The highest BCUT2D eigenvalue weighted by molar-refractivity contribution is 5.95. The molecule has 1 heterocycles. The number of amides is 1. The van der Waals surface area contributed by atoms with Crippen molar-refractivity contribution in [2.24, 2.45) is 17.3 Å². The lowest BCUT2D eigenvalue weighted by atomic mass is 9.46. The average molecular weight is 358 g/mol. The van der Waals surface area contributed by atoms with Gasteiger partial charge in [0.2, 0.25) is 5.91 Å². The van der Waals surface area contributed by atoms with Crippen LogP contribution >= 0.6 is 0 Å². The van der Waals surface area contributed by atoms with E-state index in [1.807, 2.05) is 4.68 Å². The summed E-state index contributed by atoms with van der Waals surface area (Å²) in [5, 5.41) is 7.11. The summed E-state index contributed by atoms with van der Waals surface area (Å²) >= 11 is 0. The number of hydrogen-bond donors (Lipinski definition) is 1. The summed E-state index contributed by atoms with van der Waals surface area (Å²) in [5.74, 6) is -0.593. The van der Waals surface area contributed by atoms with Gasteiger partial charge in [0.25, 0.3) is 0 Å². The van der Waals surface area contributed by atoms with Crippen LogP contribution in [0.2, 0.25) is 0 Å². The highest BCUT2D eigenvalue weighted by Gasteiger charge is 2.61. The zero-order chi connectivity index (χ0) is 17.9. The molecule has 4 atom stereocenters. The molecule has 136 valence electrons. The number of nitrogens with one attached hydrogen (secondary N) is 1. The summed E-state index contributed by atoms with van der Waals surface area (Å²) in [7, 11) is 0. The van der Waals surface area contributed by atoms with Crippen molar-refractivity contribution in [3.8, 4) is 0 Å². The number of hydrogen-bond acceptors (Lipinski definition) is 3. The second kappa shape index (κ2) is 5.34. The highest BCUT2D eigenvalue weighted by Crippen LogP contribution is 2.64. The summed E-state index contributed by atoms with van der Waals surface area (Å²) in [5.41, 5.74) is -0.641. The molecule has 1 N–H and O–H groups in total. The number of carbonyl (C=O) groups excluding carboxylic acids is 1. The lowest BCUT2D eigenvalue weighted by Gasteiger charge is -2.60. The number of benzene rings is 1. The monoisotopic (exact) mass is 358 g/mol. The summed E-state index contributed by atoms with van der Waals surface area (Å²) in [6.45, 7) is 0. The zero-order valence-electron chi connectivity index (χ0n) is 14.3. The minimum absolute atomic E-state index is 0.0435. The first kappa shape index (κ1) is 15.9. The van der Waals surface area contributed by atoms with E-state index in [4.69, 9.17) is 0 Å². The van der Waals surface area contributed by atoms with Crippen LogP contribution in [0.15, 0.2) is 30.9 Å². The third kappa shape index (κ3) is 2.29. The van der Waals surface area contributed by atoms with E-state index in [1.165, 1.54) is 6.07 Å². The highest BCUT2D eigenvalue weighted by atomic mass is 19.1. The fourth-order valence-corrected chi connectivity index (χ4v) is 6.05. The van der Waals surface area contributed by atoms with E-state index in [1.54, 1.807) is 12.7 Å². The maximum Gasteiger partial charge on any atom is 0.230 e. The van der Waals surface area contributed by atoms with Gasteiger partial charge in [0.1, 0.15) is 24.3 Å². The Kier molecular flexibility index (Phi) is 3.27. The molecule has 2 unspecified atom stereocenters. The van der Waals surface area contributed by atoms with Gasteiger partial charge in [-0.2, -0.15) is 5.10 Å². The summed E-state index contributed by atoms with van der Waals surface area (Å²) in [6, 6.07) is 3.25. The van der Waals surface area contributed by atoms with E-state index in [0.29, 0.717) is 18.3 Å². The van der Waals surface area contributed by atoms with Gasteiger partial charge in [-0.25, -0.2) is 18.4 Å². The summed E-state index contributed by atoms with van der Waals surface area (Å²) in [6.07, 6.45) is 8.84. The Balaban J connectivity index is 1.47. The van der Waals surface area contributed by atoms with Crippen molar-refractivity contribution in [1.82, 2.24) is 14.8 Å². The molecule has 4 aliphatic carbocycles. The largest absolute Gasteiger partial charge is 0.323 e. The van der Waals surface area contributed by atoms with Crippen molar-refractivity contribution < 1.29 is 13.6 Å². The normalized spacial score (nSPS) is 34.8. The smallest absolute Gasteiger partial charge is 0.230 e. The zero-order valence-corrected chi connectivity index (χ0v) is 14.3. The number of rotatable bonds is 3. The van der Waals surface area contributed by atoms with E-state index < -0.39 is 17.0 Å². The van der Waals surface area contributed by atoms with Crippen LogP contribution in [0, 0.1) is 28.9 Å². The molecule has 0 saturated heterocycles. The van der Waals surface area contributed by atoms with Crippen LogP contribution in [0.3, 0.4) is 0 Å². The number of halogens is 2. The molecule has 0 spiro atoms. The average Bonchev–Trinajstić information content (AvgIpc) is 3.11. The third-order valence-corrected chi connectivity index (χ3v) is 6.60. The molecule has 1 amide bonds. The SMILES string of the molecule is O=C(Nc1ccc(F)cc1F)C12C[C@H]3C[C@@H](C1)CC(n1cncn1)(C3)C2. The predicted molar refractivity (Wildman–Crippen MR) is 90.1 cm³/mol. The molecule has 1 aromatic carbocycles. The van der Waals surface area contributed by atoms with Crippen LogP contribution in [-0.2, 0) is 10.3 Å². The molecule has 0 aliphatic heterocycles. The summed E-state index contributed by atoms with van der Waals surface area (Å²) in [4.78, 5) is 17.3. The minimum Gasteiger partial charge on any atom is -0.323 e. The van der Waals surface area contributed by atoms with Crippen LogP contribution < -0.4 is 5.32 Å². The van der Waals surface area contributed by atoms with Crippen molar-refractivity contribution in [3.05, 3.63) is 42.5 Å². The van der Waals surface area contributed by atoms with Gasteiger partial charge >= 0.3 is 0 Å². The first-order valence-corrected chi connectivity index (χ1v) is 9.10. The Hall–Kier alpha value is -2.31. The van der Waals surface area contributed by atoms with Crippen molar-refractivity contribution in [2.75, 3.05) is 5.32 Å². The second-order valence-corrected chi connectivity index (χ2v) is 8.38.